The van der Waals surface area contributed by atoms with Crippen LogP contribution in [-0.2, 0) is 11.3 Å². The SMILES string of the molecule is CCCCC(=O)N(Cc1ccco1)C(C)c1nc2ccccc2c(=O)n1-c1ccccc1F. The van der Waals surface area contributed by atoms with Gasteiger partial charge in [0.15, 0.2) is 0 Å². The van der Waals surface area contributed by atoms with Crippen molar-refractivity contribution < 1.29 is 13.6 Å². The lowest BCUT2D eigenvalue weighted by Crippen LogP contribution is -2.37. The molecule has 0 aliphatic heterocycles. The number of unbranched alkanes of at least 4 members (excludes halogenated alkanes) is 1. The lowest BCUT2D eigenvalue weighted by atomic mass is 10.1. The molecular weight excluding hydrogens is 421 g/mol. The van der Waals surface area contributed by atoms with Gasteiger partial charge in [0, 0.05) is 6.42 Å². The number of hydrogen-bond acceptors (Lipinski definition) is 4. The minimum Gasteiger partial charge on any atom is -0.467 e. The molecule has 4 rings (SSSR count). The Morgan fingerprint density at radius 1 is 1.12 bits per heavy atom. The zero-order chi connectivity index (χ0) is 23.4. The number of para-hydroxylation sites is 2. The van der Waals surface area contributed by atoms with Gasteiger partial charge in [0.2, 0.25) is 5.91 Å². The molecule has 0 radical (unpaired) electrons. The molecular formula is C26H26FN3O3. The van der Waals surface area contributed by atoms with Gasteiger partial charge in [0.05, 0.1) is 35.4 Å². The van der Waals surface area contributed by atoms with E-state index in [2.05, 4.69) is 0 Å². The maximum Gasteiger partial charge on any atom is 0.266 e. The van der Waals surface area contributed by atoms with E-state index in [1.165, 1.54) is 10.6 Å². The number of nitrogens with zero attached hydrogens (tertiary/aromatic N) is 3. The van der Waals surface area contributed by atoms with E-state index < -0.39 is 11.9 Å². The molecule has 0 fully saturated rings. The van der Waals surface area contributed by atoms with Crippen LogP contribution < -0.4 is 5.56 Å². The molecule has 1 amide bonds. The number of carbonyl (C=O) groups excluding carboxylic acids is 1. The molecule has 7 heteroatoms. The minimum atomic E-state index is -0.614. The first-order valence-electron chi connectivity index (χ1n) is 11.1. The highest BCUT2D eigenvalue weighted by Gasteiger charge is 2.28. The van der Waals surface area contributed by atoms with E-state index in [-0.39, 0.29) is 23.7 Å². The molecule has 1 atom stereocenters. The summed E-state index contributed by atoms with van der Waals surface area (Å²) < 4.78 is 21.6. The smallest absolute Gasteiger partial charge is 0.266 e. The van der Waals surface area contributed by atoms with Gasteiger partial charge in [-0.25, -0.2) is 9.37 Å². The molecule has 2 heterocycles. The molecule has 0 spiro atoms. The van der Waals surface area contributed by atoms with E-state index in [0.717, 1.165) is 12.8 Å². The molecule has 0 N–H and O–H groups in total. The molecule has 0 aliphatic rings. The van der Waals surface area contributed by atoms with E-state index in [1.807, 2.05) is 6.92 Å². The van der Waals surface area contributed by atoms with E-state index >= 15 is 0 Å². The van der Waals surface area contributed by atoms with E-state index in [9.17, 15) is 14.0 Å². The first-order chi connectivity index (χ1) is 16.0. The van der Waals surface area contributed by atoms with Crippen molar-refractivity contribution in [3.05, 3.63) is 94.7 Å². The van der Waals surface area contributed by atoms with Gasteiger partial charge in [-0.1, -0.05) is 37.6 Å². The van der Waals surface area contributed by atoms with Crippen molar-refractivity contribution in [2.75, 3.05) is 0 Å². The van der Waals surface area contributed by atoms with E-state index in [1.54, 1.807) is 72.7 Å². The van der Waals surface area contributed by atoms with E-state index in [0.29, 0.717) is 28.9 Å². The fourth-order valence-corrected chi connectivity index (χ4v) is 3.92. The minimum absolute atomic E-state index is 0.0803. The Kier molecular flexibility index (Phi) is 6.68. The van der Waals surface area contributed by atoms with Crippen LogP contribution in [0.25, 0.3) is 16.6 Å². The summed E-state index contributed by atoms with van der Waals surface area (Å²) in [6.45, 7) is 4.05. The van der Waals surface area contributed by atoms with Crippen molar-refractivity contribution in [2.24, 2.45) is 0 Å². The van der Waals surface area contributed by atoms with Gasteiger partial charge in [-0.2, -0.15) is 0 Å². The number of rotatable bonds is 8. The van der Waals surface area contributed by atoms with Crippen LogP contribution in [0.15, 0.2) is 76.1 Å². The quantitative estimate of drug-likeness (QED) is 0.363. The number of furan rings is 1. The largest absolute Gasteiger partial charge is 0.467 e. The van der Waals surface area contributed by atoms with Crippen molar-refractivity contribution >= 4 is 16.8 Å². The van der Waals surface area contributed by atoms with Gasteiger partial charge in [0.25, 0.3) is 5.56 Å². The summed E-state index contributed by atoms with van der Waals surface area (Å²) in [5.41, 5.74) is 0.212. The van der Waals surface area contributed by atoms with Crippen LogP contribution in [0.5, 0.6) is 0 Å². The molecule has 0 aliphatic carbocycles. The topological polar surface area (TPSA) is 68.3 Å². The van der Waals surface area contributed by atoms with Crippen LogP contribution in [0.4, 0.5) is 4.39 Å². The molecule has 6 nitrogen and oxygen atoms in total. The van der Waals surface area contributed by atoms with Gasteiger partial charge in [-0.15, -0.1) is 0 Å². The number of fused-ring (bicyclic) bond motifs is 1. The zero-order valence-corrected chi connectivity index (χ0v) is 18.7. The third-order valence-electron chi connectivity index (χ3n) is 5.71. The second-order valence-corrected chi connectivity index (χ2v) is 7.96. The molecule has 170 valence electrons. The summed E-state index contributed by atoms with van der Waals surface area (Å²) in [6, 6.07) is 16.0. The third-order valence-corrected chi connectivity index (χ3v) is 5.71. The first kappa shape index (κ1) is 22.5. The van der Waals surface area contributed by atoms with Gasteiger partial charge in [0.1, 0.15) is 17.4 Å². The predicted molar refractivity (Wildman–Crippen MR) is 124 cm³/mol. The monoisotopic (exact) mass is 447 g/mol. The molecule has 0 saturated heterocycles. The molecule has 33 heavy (non-hydrogen) atoms. The Morgan fingerprint density at radius 3 is 2.61 bits per heavy atom. The van der Waals surface area contributed by atoms with Gasteiger partial charge in [-0.3, -0.25) is 14.2 Å². The highest BCUT2D eigenvalue weighted by molar-refractivity contribution is 5.79. The summed E-state index contributed by atoms with van der Waals surface area (Å²) in [5, 5.41) is 0.381. The van der Waals surface area contributed by atoms with Crippen LogP contribution in [0, 0.1) is 5.82 Å². The lowest BCUT2D eigenvalue weighted by Gasteiger charge is -2.30. The summed E-state index contributed by atoms with van der Waals surface area (Å²) in [6.07, 6.45) is 3.53. The Hall–Kier alpha value is -3.74. The van der Waals surface area contributed by atoms with Crippen molar-refractivity contribution in [3.63, 3.8) is 0 Å². The highest BCUT2D eigenvalue weighted by atomic mass is 19.1. The fourth-order valence-electron chi connectivity index (χ4n) is 3.92. The average Bonchev–Trinajstić information content (AvgIpc) is 3.34. The second kappa shape index (κ2) is 9.81. The maximum atomic E-state index is 14.8. The Morgan fingerprint density at radius 2 is 1.88 bits per heavy atom. The van der Waals surface area contributed by atoms with Crippen molar-refractivity contribution in [3.8, 4) is 5.69 Å². The Balaban J connectivity index is 1.90. The molecule has 2 aromatic heterocycles. The average molecular weight is 448 g/mol. The summed E-state index contributed by atoms with van der Waals surface area (Å²) in [5.74, 6) is 0.288. The number of benzene rings is 2. The number of carbonyl (C=O) groups is 1. The first-order valence-corrected chi connectivity index (χ1v) is 11.1. The number of amides is 1. The van der Waals surface area contributed by atoms with Crippen molar-refractivity contribution in [1.29, 1.82) is 0 Å². The summed E-state index contributed by atoms with van der Waals surface area (Å²) >= 11 is 0. The standard InChI is InChI=1S/C26H26FN3O3/c1-3-4-15-24(31)29(17-19-10-9-16-33-19)18(2)25-28-22-13-7-5-11-20(22)26(32)30(25)23-14-8-6-12-21(23)27/h5-14,16,18H,3-4,15,17H2,1-2H3. The lowest BCUT2D eigenvalue weighted by molar-refractivity contribution is -0.134. The second-order valence-electron chi connectivity index (χ2n) is 7.96. The summed E-state index contributed by atoms with van der Waals surface area (Å²) in [7, 11) is 0. The van der Waals surface area contributed by atoms with E-state index in [4.69, 9.17) is 9.40 Å². The zero-order valence-electron chi connectivity index (χ0n) is 18.7. The number of halogens is 1. The van der Waals surface area contributed by atoms with Crippen LogP contribution in [0.2, 0.25) is 0 Å². The van der Waals surface area contributed by atoms with Gasteiger partial charge >= 0.3 is 0 Å². The molecule has 2 aromatic carbocycles. The van der Waals surface area contributed by atoms with Crippen LogP contribution in [0.1, 0.15) is 50.7 Å². The number of aromatic nitrogens is 2. The normalized spacial score (nSPS) is 12.1. The Bertz CT molecular complexity index is 1310. The molecule has 0 saturated carbocycles. The van der Waals surface area contributed by atoms with Crippen molar-refractivity contribution in [2.45, 2.75) is 45.7 Å². The highest BCUT2D eigenvalue weighted by Crippen LogP contribution is 2.26. The third kappa shape index (κ3) is 4.58. The maximum absolute atomic E-state index is 14.8. The van der Waals surface area contributed by atoms with Crippen LogP contribution >= 0.6 is 0 Å². The molecule has 4 aromatic rings. The number of hydrogen-bond donors (Lipinski definition) is 0. The fraction of sp³-hybridized carbons (Fsp3) is 0.269. The Labute approximate surface area is 191 Å². The summed E-state index contributed by atoms with van der Waals surface area (Å²) in [4.78, 5) is 33.1. The molecule has 0 bridgehead atoms. The van der Waals surface area contributed by atoms with Crippen LogP contribution in [-0.4, -0.2) is 20.4 Å². The molecule has 1 unspecified atom stereocenters. The van der Waals surface area contributed by atoms with Gasteiger partial charge in [-0.05, 0) is 49.7 Å². The predicted octanol–water partition coefficient (Wildman–Crippen LogP) is 5.40. The van der Waals surface area contributed by atoms with Gasteiger partial charge < -0.3 is 9.32 Å². The van der Waals surface area contributed by atoms with Crippen molar-refractivity contribution in [1.82, 2.24) is 14.5 Å². The van der Waals surface area contributed by atoms with Crippen LogP contribution in [0.3, 0.4) is 0 Å².